The molecule has 1 atom stereocenters. The SMILES string of the molecule is CC[C@H](NC(=O)c1cccc2c1ccn2C)c1ccc(O)cc1. The molecule has 0 aliphatic rings. The summed E-state index contributed by atoms with van der Waals surface area (Å²) >= 11 is 0. The molecule has 4 heteroatoms. The van der Waals surface area contributed by atoms with E-state index in [1.54, 1.807) is 12.1 Å². The Morgan fingerprint density at radius 2 is 1.91 bits per heavy atom. The Kier molecular flexibility index (Phi) is 4.06. The first-order valence-electron chi connectivity index (χ1n) is 7.74. The number of hydrogen-bond acceptors (Lipinski definition) is 2. The normalized spacial score (nSPS) is 12.3. The number of rotatable bonds is 4. The van der Waals surface area contributed by atoms with E-state index in [2.05, 4.69) is 5.32 Å². The van der Waals surface area contributed by atoms with Crippen molar-refractivity contribution < 1.29 is 9.90 Å². The summed E-state index contributed by atoms with van der Waals surface area (Å²) in [6.45, 7) is 2.03. The zero-order chi connectivity index (χ0) is 16.4. The summed E-state index contributed by atoms with van der Waals surface area (Å²) < 4.78 is 2.00. The first-order valence-corrected chi connectivity index (χ1v) is 7.74. The molecule has 1 heterocycles. The van der Waals surface area contributed by atoms with E-state index in [1.807, 2.05) is 61.1 Å². The lowest BCUT2D eigenvalue weighted by Crippen LogP contribution is -2.28. The van der Waals surface area contributed by atoms with Gasteiger partial charge in [0.15, 0.2) is 0 Å². The predicted octanol–water partition coefficient (Wildman–Crippen LogP) is 3.77. The second kappa shape index (κ2) is 6.16. The van der Waals surface area contributed by atoms with E-state index in [9.17, 15) is 9.90 Å². The maximum atomic E-state index is 12.7. The topological polar surface area (TPSA) is 54.3 Å². The van der Waals surface area contributed by atoms with Gasteiger partial charge in [0.1, 0.15) is 5.75 Å². The van der Waals surface area contributed by atoms with Gasteiger partial charge in [0.2, 0.25) is 0 Å². The smallest absolute Gasteiger partial charge is 0.252 e. The average Bonchev–Trinajstić information content (AvgIpc) is 2.95. The highest BCUT2D eigenvalue weighted by atomic mass is 16.3. The molecule has 2 aromatic carbocycles. The fourth-order valence-electron chi connectivity index (χ4n) is 2.86. The van der Waals surface area contributed by atoms with Gasteiger partial charge in [-0.15, -0.1) is 0 Å². The third kappa shape index (κ3) is 2.93. The molecule has 0 bridgehead atoms. The van der Waals surface area contributed by atoms with E-state index in [0.717, 1.165) is 22.9 Å². The third-order valence-electron chi connectivity index (χ3n) is 4.18. The summed E-state index contributed by atoms with van der Waals surface area (Å²) in [5, 5.41) is 13.4. The summed E-state index contributed by atoms with van der Waals surface area (Å²) in [5.41, 5.74) is 2.70. The fourth-order valence-corrected chi connectivity index (χ4v) is 2.86. The minimum Gasteiger partial charge on any atom is -0.508 e. The van der Waals surface area contributed by atoms with Crippen molar-refractivity contribution in [2.75, 3.05) is 0 Å². The molecular formula is C19H20N2O2. The summed E-state index contributed by atoms with van der Waals surface area (Å²) in [4.78, 5) is 12.7. The minimum atomic E-state index is -0.0817. The van der Waals surface area contributed by atoms with Crippen molar-refractivity contribution in [1.82, 2.24) is 9.88 Å². The second-order valence-corrected chi connectivity index (χ2v) is 5.69. The highest BCUT2D eigenvalue weighted by Crippen LogP contribution is 2.23. The van der Waals surface area contributed by atoms with Crippen LogP contribution in [0.1, 0.15) is 35.3 Å². The maximum Gasteiger partial charge on any atom is 0.252 e. The number of phenols is 1. The highest BCUT2D eigenvalue weighted by molar-refractivity contribution is 6.06. The van der Waals surface area contributed by atoms with Crippen LogP contribution >= 0.6 is 0 Å². The number of aromatic nitrogens is 1. The molecule has 0 fully saturated rings. The van der Waals surface area contributed by atoms with Gasteiger partial charge in [-0.2, -0.15) is 0 Å². The molecule has 1 amide bonds. The predicted molar refractivity (Wildman–Crippen MR) is 91.5 cm³/mol. The van der Waals surface area contributed by atoms with Crippen molar-refractivity contribution in [3.05, 3.63) is 65.9 Å². The molecule has 4 nitrogen and oxygen atoms in total. The molecular weight excluding hydrogens is 288 g/mol. The molecule has 0 saturated heterocycles. The van der Waals surface area contributed by atoms with E-state index in [1.165, 1.54) is 0 Å². The van der Waals surface area contributed by atoms with Crippen molar-refractivity contribution in [3.8, 4) is 5.75 Å². The van der Waals surface area contributed by atoms with Gasteiger partial charge >= 0.3 is 0 Å². The molecule has 0 spiro atoms. The number of aromatic hydroxyl groups is 1. The van der Waals surface area contributed by atoms with Crippen molar-refractivity contribution in [3.63, 3.8) is 0 Å². The van der Waals surface area contributed by atoms with Crippen LogP contribution < -0.4 is 5.32 Å². The second-order valence-electron chi connectivity index (χ2n) is 5.69. The molecule has 1 aromatic heterocycles. The Morgan fingerprint density at radius 3 is 2.61 bits per heavy atom. The zero-order valence-corrected chi connectivity index (χ0v) is 13.3. The van der Waals surface area contributed by atoms with Gasteiger partial charge in [0.05, 0.1) is 6.04 Å². The maximum absolute atomic E-state index is 12.7. The largest absolute Gasteiger partial charge is 0.508 e. The van der Waals surface area contributed by atoms with Crippen LogP contribution in [-0.2, 0) is 7.05 Å². The van der Waals surface area contributed by atoms with Gasteiger partial charge in [0, 0.05) is 29.7 Å². The van der Waals surface area contributed by atoms with Gasteiger partial charge in [-0.3, -0.25) is 4.79 Å². The standard InChI is InChI=1S/C19H20N2O2/c1-3-17(13-7-9-14(22)10-8-13)20-19(23)16-5-4-6-18-15(16)11-12-21(18)2/h4-12,17,22H,3H2,1-2H3,(H,20,23)/t17-/m0/s1. The Bertz CT molecular complexity index is 834. The Balaban J connectivity index is 1.88. The van der Waals surface area contributed by atoms with Crippen LogP contribution in [0.15, 0.2) is 54.7 Å². The molecule has 23 heavy (non-hydrogen) atoms. The van der Waals surface area contributed by atoms with Crippen molar-refractivity contribution in [1.29, 1.82) is 0 Å². The number of hydrogen-bond donors (Lipinski definition) is 2. The number of carbonyl (C=O) groups is 1. The molecule has 0 radical (unpaired) electrons. The molecule has 2 N–H and O–H groups in total. The van der Waals surface area contributed by atoms with Crippen LogP contribution in [0.5, 0.6) is 5.75 Å². The lowest BCUT2D eigenvalue weighted by Gasteiger charge is -2.18. The monoisotopic (exact) mass is 308 g/mol. The van der Waals surface area contributed by atoms with E-state index in [0.29, 0.717) is 5.56 Å². The van der Waals surface area contributed by atoms with Gasteiger partial charge in [0.25, 0.3) is 5.91 Å². The van der Waals surface area contributed by atoms with Crippen LogP contribution in [0.2, 0.25) is 0 Å². The number of nitrogens with one attached hydrogen (secondary N) is 1. The van der Waals surface area contributed by atoms with Crippen LogP contribution in [0.4, 0.5) is 0 Å². The van der Waals surface area contributed by atoms with Crippen LogP contribution in [0, 0.1) is 0 Å². The van der Waals surface area contributed by atoms with E-state index < -0.39 is 0 Å². The molecule has 118 valence electrons. The van der Waals surface area contributed by atoms with Gasteiger partial charge in [-0.1, -0.05) is 25.1 Å². The number of amides is 1. The molecule has 0 unspecified atom stereocenters. The van der Waals surface area contributed by atoms with Gasteiger partial charge in [-0.05, 0) is 42.3 Å². The fraction of sp³-hybridized carbons (Fsp3) is 0.211. The number of fused-ring (bicyclic) bond motifs is 1. The number of phenolic OH excluding ortho intramolecular Hbond substituents is 1. The van der Waals surface area contributed by atoms with E-state index in [-0.39, 0.29) is 17.7 Å². The lowest BCUT2D eigenvalue weighted by atomic mass is 10.0. The first-order chi connectivity index (χ1) is 11.1. The van der Waals surface area contributed by atoms with Gasteiger partial charge in [-0.25, -0.2) is 0 Å². The van der Waals surface area contributed by atoms with Crippen molar-refractivity contribution in [2.24, 2.45) is 7.05 Å². The van der Waals surface area contributed by atoms with Crippen LogP contribution in [0.25, 0.3) is 10.9 Å². The van der Waals surface area contributed by atoms with E-state index in [4.69, 9.17) is 0 Å². The summed E-state index contributed by atoms with van der Waals surface area (Å²) in [6.07, 6.45) is 2.74. The number of aryl methyl sites for hydroxylation is 1. The van der Waals surface area contributed by atoms with Crippen LogP contribution in [0.3, 0.4) is 0 Å². The van der Waals surface area contributed by atoms with Crippen molar-refractivity contribution >= 4 is 16.8 Å². The highest BCUT2D eigenvalue weighted by Gasteiger charge is 2.16. The number of nitrogens with zero attached hydrogens (tertiary/aromatic N) is 1. The summed E-state index contributed by atoms with van der Waals surface area (Å²) in [7, 11) is 1.97. The molecule has 3 rings (SSSR count). The summed E-state index contributed by atoms with van der Waals surface area (Å²) in [6, 6.07) is 14.6. The summed E-state index contributed by atoms with van der Waals surface area (Å²) in [5.74, 6) is 0.144. The lowest BCUT2D eigenvalue weighted by molar-refractivity contribution is 0.0937. The zero-order valence-electron chi connectivity index (χ0n) is 13.3. The van der Waals surface area contributed by atoms with E-state index >= 15 is 0 Å². The Morgan fingerprint density at radius 1 is 1.17 bits per heavy atom. The van der Waals surface area contributed by atoms with Crippen LogP contribution in [-0.4, -0.2) is 15.6 Å². The molecule has 0 aliphatic heterocycles. The molecule has 0 saturated carbocycles. The molecule has 0 aliphatic carbocycles. The Labute approximate surface area is 135 Å². The minimum absolute atomic E-state index is 0.0814. The first kappa shape index (κ1) is 15.2. The average molecular weight is 308 g/mol. The molecule has 3 aromatic rings. The third-order valence-corrected chi connectivity index (χ3v) is 4.18. The van der Waals surface area contributed by atoms with Gasteiger partial charge < -0.3 is 15.0 Å². The number of carbonyl (C=O) groups excluding carboxylic acids is 1. The van der Waals surface area contributed by atoms with Crippen molar-refractivity contribution in [2.45, 2.75) is 19.4 Å². The quantitative estimate of drug-likeness (QED) is 0.771. The Hall–Kier alpha value is -2.75. The number of benzene rings is 2.